The van der Waals surface area contributed by atoms with Gasteiger partial charge in [0.05, 0.1) is 11.0 Å². The first-order valence-corrected chi connectivity index (χ1v) is 9.13. The van der Waals surface area contributed by atoms with Crippen LogP contribution in [0.4, 0.5) is 5.69 Å². The molecule has 0 bridgehead atoms. The summed E-state index contributed by atoms with van der Waals surface area (Å²) in [5, 5.41) is 6.84. The fraction of sp³-hybridized carbons (Fsp3) is 0.250. The predicted octanol–water partition coefficient (Wildman–Crippen LogP) is 2.20. The summed E-state index contributed by atoms with van der Waals surface area (Å²) in [6.07, 6.45) is 3.83. The van der Waals surface area contributed by atoms with Crippen molar-refractivity contribution in [3.05, 3.63) is 58.6 Å². The Morgan fingerprint density at radius 1 is 1.14 bits per heavy atom. The van der Waals surface area contributed by atoms with E-state index in [1.807, 2.05) is 19.1 Å². The largest absolute Gasteiger partial charge is 0.339 e. The lowest BCUT2D eigenvalue weighted by atomic mass is 10.1. The number of carbonyl (C=O) groups is 1. The fourth-order valence-electron chi connectivity index (χ4n) is 3.19. The van der Waals surface area contributed by atoms with Gasteiger partial charge in [-0.2, -0.15) is 4.98 Å². The van der Waals surface area contributed by atoms with Crippen LogP contribution in [0.25, 0.3) is 22.4 Å². The van der Waals surface area contributed by atoms with Crippen molar-refractivity contribution in [2.24, 2.45) is 14.1 Å². The smallest absolute Gasteiger partial charge is 0.328 e. The molecule has 1 aromatic carbocycles. The Balaban J connectivity index is 1.45. The van der Waals surface area contributed by atoms with Crippen LogP contribution in [-0.2, 0) is 25.3 Å². The van der Waals surface area contributed by atoms with Crippen LogP contribution < -0.4 is 11.0 Å². The molecule has 1 amide bonds. The molecule has 0 atom stereocenters. The summed E-state index contributed by atoms with van der Waals surface area (Å²) in [6.45, 7) is 1.89. The number of nitrogens with one attached hydrogen (secondary N) is 1. The van der Waals surface area contributed by atoms with E-state index < -0.39 is 0 Å². The van der Waals surface area contributed by atoms with E-state index in [1.54, 1.807) is 47.8 Å². The van der Waals surface area contributed by atoms with Crippen LogP contribution >= 0.6 is 0 Å². The lowest BCUT2D eigenvalue weighted by Gasteiger charge is -2.09. The van der Waals surface area contributed by atoms with Gasteiger partial charge >= 0.3 is 5.69 Å². The fourth-order valence-corrected chi connectivity index (χ4v) is 3.19. The van der Waals surface area contributed by atoms with Crippen LogP contribution in [0.15, 0.2) is 46.0 Å². The van der Waals surface area contributed by atoms with Gasteiger partial charge in [0.25, 0.3) is 0 Å². The zero-order valence-corrected chi connectivity index (χ0v) is 16.3. The summed E-state index contributed by atoms with van der Waals surface area (Å²) in [4.78, 5) is 32.8. The number of aryl methyl sites for hydroxylation is 4. The molecule has 0 radical (unpaired) electrons. The first-order chi connectivity index (χ1) is 13.9. The van der Waals surface area contributed by atoms with Gasteiger partial charge in [-0.25, -0.2) is 4.79 Å². The zero-order chi connectivity index (χ0) is 20.5. The van der Waals surface area contributed by atoms with Crippen molar-refractivity contribution in [2.45, 2.75) is 19.8 Å². The van der Waals surface area contributed by atoms with Crippen LogP contribution in [0.3, 0.4) is 0 Å². The average molecular weight is 392 g/mol. The van der Waals surface area contributed by atoms with E-state index in [-0.39, 0.29) is 18.0 Å². The molecule has 3 heterocycles. The minimum absolute atomic E-state index is 0.107. The number of pyridine rings is 1. The summed E-state index contributed by atoms with van der Waals surface area (Å²) < 4.78 is 8.38. The maximum atomic E-state index is 12.4. The lowest BCUT2D eigenvalue weighted by Crippen LogP contribution is -2.19. The first-order valence-electron chi connectivity index (χ1n) is 9.13. The highest BCUT2D eigenvalue weighted by Crippen LogP contribution is 2.23. The molecule has 0 aliphatic heterocycles. The molecule has 0 fully saturated rings. The molecule has 0 saturated carbocycles. The molecular formula is C20H20N6O3. The van der Waals surface area contributed by atoms with Crippen LogP contribution in [0.2, 0.25) is 0 Å². The first kappa shape index (κ1) is 18.6. The van der Waals surface area contributed by atoms with Crippen molar-refractivity contribution in [3.8, 4) is 11.4 Å². The number of rotatable bonds is 5. The number of amides is 1. The van der Waals surface area contributed by atoms with E-state index in [1.165, 1.54) is 0 Å². The minimum Gasteiger partial charge on any atom is -0.339 e. The number of anilines is 1. The summed E-state index contributed by atoms with van der Waals surface area (Å²) in [5.41, 5.74) is 3.83. The Morgan fingerprint density at radius 2 is 1.83 bits per heavy atom. The Hall–Kier alpha value is -3.75. The molecule has 3 aromatic heterocycles. The van der Waals surface area contributed by atoms with Gasteiger partial charge in [0.15, 0.2) is 0 Å². The maximum absolute atomic E-state index is 12.4. The molecular weight excluding hydrogens is 372 g/mol. The molecule has 0 unspecified atom stereocenters. The van der Waals surface area contributed by atoms with Crippen molar-refractivity contribution in [3.63, 3.8) is 0 Å². The molecule has 148 valence electrons. The second-order valence-corrected chi connectivity index (χ2v) is 6.85. The highest BCUT2D eigenvalue weighted by molar-refractivity contribution is 5.94. The maximum Gasteiger partial charge on any atom is 0.328 e. The van der Waals surface area contributed by atoms with E-state index in [9.17, 15) is 9.59 Å². The number of fused-ring (bicyclic) bond motifs is 1. The van der Waals surface area contributed by atoms with Crippen molar-refractivity contribution in [1.29, 1.82) is 0 Å². The Labute approximate surface area is 166 Å². The molecule has 9 nitrogen and oxygen atoms in total. The van der Waals surface area contributed by atoms with Gasteiger partial charge in [0, 0.05) is 50.6 Å². The third kappa shape index (κ3) is 3.54. The van der Waals surface area contributed by atoms with E-state index in [2.05, 4.69) is 20.4 Å². The van der Waals surface area contributed by atoms with Crippen LogP contribution in [0.1, 0.15) is 17.9 Å². The average Bonchev–Trinajstić information content (AvgIpc) is 3.28. The van der Waals surface area contributed by atoms with E-state index in [0.29, 0.717) is 23.8 Å². The monoisotopic (exact) mass is 392 g/mol. The molecule has 1 N–H and O–H groups in total. The number of imidazole rings is 1. The third-order valence-electron chi connectivity index (χ3n) is 4.86. The second-order valence-electron chi connectivity index (χ2n) is 6.85. The van der Waals surface area contributed by atoms with E-state index in [4.69, 9.17) is 4.52 Å². The van der Waals surface area contributed by atoms with Crippen molar-refractivity contribution < 1.29 is 9.32 Å². The molecule has 0 aliphatic rings. The summed E-state index contributed by atoms with van der Waals surface area (Å²) in [6, 6.07) is 7.29. The van der Waals surface area contributed by atoms with Gasteiger partial charge in [0.1, 0.15) is 0 Å². The standard InChI is InChI=1S/C20H20N6O3/c1-12-10-15-16(26(3)20(28)25(15)2)11-14(12)22-17(27)4-5-18-23-19(24-29-18)13-6-8-21-9-7-13/h6-11H,4-5H2,1-3H3,(H,22,27). The molecule has 29 heavy (non-hydrogen) atoms. The SMILES string of the molecule is Cc1cc2c(cc1NC(=O)CCc1nc(-c3ccncc3)no1)n(C)c(=O)n2C. The normalized spacial score (nSPS) is 11.1. The van der Waals surface area contributed by atoms with Crippen molar-refractivity contribution in [2.75, 3.05) is 5.32 Å². The molecule has 0 aliphatic carbocycles. The van der Waals surface area contributed by atoms with Gasteiger partial charge < -0.3 is 9.84 Å². The van der Waals surface area contributed by atoms with Gasteiger partial charge in [-0.1, -0.05) is 5.16 Å². The van der Waals surface area contributed by atoms with Crippen LogP contribution in [0, 0.1) is 6.92 Å². The highest BCUT2D eigenvalue weighted by Gasteiger charge is 2.14. The van der Waals surface area contributed by atoms with Crippen molar-refractivity contribution in [1.82, 2.24) is 24.3 Å². The summed E-state index contributed by atoms with van der Waals surface area (Å²) >= 11 is 0. The molecule has 4 rings (SSSR count). The predicted molar refractivity (Wildman–Crippen MR) is 107 cm³/mol. The van der Waals surface area contributed by atoms with Gasteiger partial charge in [-0.15, -0.1) is 0 Å². The van der Waals surface area contributed by atoms with Gasteiger partial charge in [0.2, 0.25) is 17.6 Å². The van der Waals surface area contributed by atoms with Gasteiger partial charge in [-0.05, 0) is 36.8 Å². The summed E-state index contributed by atoms with van der Waals surface area (Å²) in [5.74, 6) is 0.690. The Bertz CT molecular complexity index is 1250. The minimum atomic E-state index is -0.169. The van der Waals surface area contributed by atoms with E-state index >= 15 is 0 Å². The molecule has 0 saturated heterocycles. The third-order valence-corrected chi connectivity index (χ3v) is 4.86. The number of benzene rings is 1. The number of hydrogen-bond donors (Lipinski definition) is 1. The second kappa shape index (κ2) is 7.34. The number of carbonyl (C=O) groups excluding carboxylic acids is 1. The zero-order valence-electron chi connectivity index (χ0n) is 16.3. The molecule has 9 heteroatoms. The number of nitrogens with zero attached hydrogens (tertiary/aromatic N) is 5. The van der Waals surface area contributed by atoms with Crippen molar-refractivity contribution >= 4 is 22.6 Å². The lowest BCUT2D eigenvalue weighted by molar-refractivity contribution is -0.116. The molecule has 0 spiro atoms. The molecule has 4 aromatic rings. The van der Waals surface area contributed by atoms with Crippen LogP contribution in [0.5, 0.6) is 0 Å². The van der Waals surface area contributed by atoms with Crippen LogP contribution in [-0.4, -0.2) is 30.2 Å². The summed E-state index contributed by atoms with van der Waals surface area (Å²) in [7, 11) is 3.44. The van der Waals surface area contributed by atoms with E-state index in [0.717, 1.165) is 22.2 Å². The number of hydrogen-bond acceptors (Lipinski definition) is 6. The topological polar surface area (TPSA) is 108 Å². The number of aromatic nitrogens is 5. The quantitative estimate of drug-likeness (QED) is 0.558. The Morgan fingerprint density at radius 3 is 2.55 bits per heavy atom. The highest BCUT2D eigenvalue weighted by atomic mass is 16.5. The Kier molecular flexibility index (Phi) is 4.71. The van der Waals surface area contributed by atoms with Gasteiger partial charge in [-0.3, -0.25) is 18.9 Å².